The fourth-order valence-electron chi connectivity index (χ4n) is 4.88. The SMILES string of the molecule is CC(C)(C)OC(=O)N[C@@H](CCOc1cc(F)c(-n2c(N)c(C(=O)c3ccc(F)cc3F)ccc2=O)c(F)c1)C(=O)OC1CCCC1. The Labute approximate surface area is 261 Å². The molecule has 10 nitrogen and oxygen atoms in total. The van der Waals surface area contributed by atoms with Gasteiger partial charge in [-0.2, -0.15) is 0 Å². The second-order valence-corrected chi connectivity index (χ2v) is 11.7. The van der Waals surface area contributed by atoms with Gasteiger partial charge in [0.1, 0.15) is 46.6 Å². The molecule has 1 aliphatic carbocycles. The molecular weight excluding hydrogens is 614 g/mol. The van der Waals surface area contributed by atoms with Gasteiger partial charge in [0.2, 0.25) is 0 Å². The second kappa shape index (κ2) is 14.0. The number of pyridine rings is 1. The predicted octanol–water partition coefficient (Wildman–Crippen LogP) is 5.36. The van der Waals surface area contributed by atoms with Crippen molar-refractivity contribution in [3.63, 3.8) is 0 Å². The summed E-state index contributed by atoms with van der Waals surface area (Å²) in [6, 6.07) is 4.30. The van der Waals surface area contributed by atoms with Gasteiger partial charge in [-0.3, -0.25) is 14.2 Å². The zero-order valence-corrected chi connectivity index (χ0v) is 25.3. The fourth-order valence-corrected chi connectivity index (χ4v) is 4.88. The zero-order valence-electron chi connectivity index (χ0n) is 25.3. The van der Waals surface area contributed by atoms with E-state index in [-0.39, 0.29) is 24.9 Å². The molecule has 0 bridgehead atoms. The first-order valence-electron chi connectivity index (χ1n) is 14.5. The molecule has 14 heteroatoms. The van der Waals surface area contributed by atoms with E-state index in [1.807, 2.05) is 0 Å². The van der Waals surface area contributed by atoms with Crippen LogP contribution in [-0.2, 0) is 14.3 Å². The highest BCUT2D eigenvalue weighted by Crippen LogP contribution is 2.28. The normalized spacial score (nSPS) is 14.1. The molecule has 1 saturated carbocycles. The molecule has 1 aromatic heterocycles. The summed E-state index contributed by atoms with van der Waals surface area (Å²) >= 11 is 0. The molecule has 1 heterocycles. The van der Waals surface area contributed by atoms with Crippen LogP contribution in [0.1, 0.15) is 68.8 Å². The monoisotopic (exact) mass is 647 g/mol. The number of hydrogen-bond donors (Lipinski definition) is 2. The van der Waals surface area contributed by atoms with E-state index in [0.29, 0.717) is 23.5 Å². The minimum Gasteiger partial charge on any atom is -0.493 e. The fraction of sp³-hybridized carbons (Fsp3) is 0.375. The summed E-state index contributed by atoms with van der Waals surface area (Å²) < 4.78 is 74.8. The van der Waals surface area contributed by atoms with Crippen LogP contribution in [0.3, 0.4) is 0 Å². The number of ether oxygens (including phenoxy) is 3. The average molecular weight is 648 g/mol. The third kappa shape index (κ3) is 8.23. The number of halogens is 4. The van der Waals surface area contributed by atoms with Gasteiger partial charge in [0, 0.05) is 30.7 Å². The maximum absolute atomic E-state index is 15.3. The van der Waals surface area contributed by atoms with Crippen molar-refractivity contribution in [3.05, 3.63) is 87.2 Å². The number of rotatable bonds is 10. The van der Waals surface area contributed by atoms with Gasteiger partial charge in [0.15, 0.2) is 17.4 Å². The Morgan fingerprint density at radius 3 is 2.20 bits per heavy atom. The van der Waals surface area contributed by atoms with Crippen molar-refractivity contribution < 1.29 is 46.2 Å². The van der Waals surface area contributed by atoms with Crippen LogP contribution >= 0.6 is 0 Å². The van der Waals surface area contributed by atoms with E-state index in [2.05, 4.69) is 5.32 Å². The number of carbonyl (C=O) groups is 3. The minimum atomic E-state index is -1.30. The van der Waals surface area contributed by atoms with Crippen molar-refractivity contribution in [1.82, 2.24) is 9.88 Å². The number of nitrogens with zero attached hydrogens (tertiary/aromatic N) is 1. The summed E-state index contributed by atoms with van der Waals surface area (Å²) in [5.74, 6) is -7.51. The van der Waals surface area contributed by atoms with Gasteiger partial charge >= 0.3 is 12.1 Å². The summed E-state index contributed by atoms with van der Waals surface area (Å²) in [6.07, 6.45) is 1.90. The Balaban J connectivity index is 1.53. The lowest BCUT2D eigenvalue weighted by Crippen LogP contribution is -2.45. The third-order valence-corrected chi connectivity index (χ3v) is 7.00. The third-order valence-electron chi connectivity index (χ3n) is 7.00. The smallest absolute Gasteiger partial charge is 0.408 e. The highest BCUT2D eigenvalue weighted by Gasteiger charge is 2.29. The molecule has 0 aliphatic heterocycles. The van der Waals surface area contributed by atoms with E-state index < -0.39 is 80.9 Å². The summed E-state index contributed by atoms with van der Waals surface area (Å²) in [5.41, 5.74) is 2.17. The van der Waals surface area contributed by atoms with Crippen molar-refractivity contribution in [2.45, 2.75) is 70.6 Å². The van der Waals surface area contributed by atoms with Gasteiger partial charge in [0.05, 0.1) is 17.7 Å². The van der Waals surface area contributed by atoms with E-state index in [9.17, 15) is 28.0 Å². The van der Waals surface area contributed by atoms with Crippen molar-refractivity contribution in [2.75, 3.05) is 12.3 Å². The number of alkyl carbamates (subject to hydrolysis) is 1. The first-order valence-corrected chi connectivity index (χ1v) is 14.5. The van der Waals surface area contributed by atoms with E-state index in [1.165, 1.54) is 0 Å². The van der Waals surface area contributed by atoms with Crippen LogP contribution in [0, 0.1) is 23.3 Å². The molecule has 1 atom stereocenters. The molecule has 0 spiro atoms. The lowest BCUT2D eigenvalue weighted by atomic mass is 10.0. The van der Waals surface area contributed by atoms with Crippen LogP contribution in [0.5, 0.6) is 5.75 Å². The second-order valence-electron chi connectivity index (χ2n) is 11.7. The van der Waals surface area contributed by atoms with Crippen molar-refractivity contribution in [2.24, 2.45) is 0 Å². The van der Waals surface area contributed by atoms with Crippen molar-refractivity contribution in [1.29, 1.82) is 0 Å². The topological polar surface area (TPSA) is 139 Å². The Hall–Kier alpha value is -4.88. The largest absolute Gasteiger partial charge is 0.493 e. The van der Waals surface area contributed by atoms with Crippen LogP contribution in [-0.4, -0.2) is 46.8 Å². The maximum Gasteiger partial charge on any atom is 0.408 e. The van der Waals surface area contributed by atoms with E-state index >= 15 is 8.78 Å². The molecule has 3 aromatic rings. The Kier molecular flexibility index (Phi) is 10.4. The molecule has 0 saturated heterocycles. The van der Waals surface area contributed by atoms with E-state index in [1.54, 1.807) is 20.8 Å². The number of carbonyl (C=O) groups excluding carboxylic acids is 3. The lowest BCUT2D eigenvalue weighted by Gasteiger charge is -2.24. The van der Waals surface area contributed by atoms with Gasteiger partial charge in [-0.15, -0.1) is 0 Å². The minimum absolute atomic E-state index is 0.147. The zero-order chi connectivity index (χ0) is 33.8. The van der Waals surface area contributed by atoms with E-state index in [4.69, 9.17) is 19.9 Å². The average Bonchev–Trinajstić information content (AvgIpc) is 3.45. The highest BCUT2D eigenvalue weighted by atomic mass is 19.1. The van der Waals surface area contributed by atoms with Crippen LogP contribution in [0.15, 0.2) is 47.3 Å². The van der Waals surface area contributed by atoms with Crippen molar-refractivity contribution in [3.8, 4) is 11.4 Å². The molecule has 46 heavy (non-hydrogen) atoms. The van der Waals surface area contributed by atoms with Gasteiger partial charge in [0.25, 0.3) is 5.56 Å². The molecule has 246 valence electrons. The molecular formula is C32H33F4N3O7. The van der Waals surface area contributed by atoms with Gasteiger partial charge in [-0.25, -0.2) is 27.2 Å². The Morgan fingerprint density at radius 2 is 1.59 bits per heavy atom. The number of benzene rings is 2. The summed E-state index contributed by atoms with van der Waals surface area (Å²) in [6.45, 7) is 4.65. The number of nitrogens with one attached hydrogen (secondary N) is 1. The van der Waals surface area contributed by atoms with Gasteiger partial charge < -0.3 is 25.3 Å². The number of esters is 1. The number of hydrogen-bond acceptors (Lipinski definition) is 8. The first kappa shape index (κ1) is 34.0. The maximum atomic E-state index is 15.3. The number of nitrogen functional groups attached to an aromatic ring is 1. The molecule has 0 radical (unpaired) electrons. The number of anilines is 1. The van der Waals surface area contributed by atoms with E-state index in [0.717, 1.165) is 49.2 Å². The molecule has 3 N–H and O–H groups in total. The number of amides is 1. The molecule has 0 unspecified atom stereocenters. The molecule has 1 aliphatic rings. The van der Waals surface area contributed by atoms with Crippen LogP contribution in [0.4, 0.5) is 28.2 Å². The summed E-state index contributed by atoms with van der Waals surface area (Å²) in [7, 11) is 0. The van der Waals surface area contributed by atoms with Gasteiger partial charge in [-0.05, 0) is 64.7 Å². The van der Waals surface area contributed by atoms with Crippen LogP contribution in [0.2, 0.25) is 0 Å². The Bertz CT molecular complexity index is 1670. The van der Waals surface area contributed by atoms with Crippen molar-refractivity contribution >= 4 is 23.7 Å². The molecule has 1 amide bonds. The number of ketones is 1. The Morgan fingerprint density at radius 1 is 0.957 bits per heavy atom. The van der Waals surface area contributed by atoms with Crippen LogP contribution < -0.4 is 21.3 Å². The lowest BCUT2D eigenvalue weighted by molar-refractivity contribution is -0.151. The number of aromatic nitrogens is 1. The molecule has 2 aromatic carbocycles. The standard InChI is InChI=1S/C32H33F4N3O7/c1-32(2,3)46-31(43)38-25(30(42)45-18-6-4-5-7-18)12-13-44-19-15-23(35)27(24(36)16-19)39-26(40)11-10-21(29(39)37)28(41)20-9-8-17(33)14-22(20)34/h8-11,14-16,18,25H,4-7,12-13,37H2,1-3H3,(H,38,43)/t25-/m0/s1. The molecule has 4 rings (SSSR count). The predicted molar refractivity (Wildman–Crippen MR) is 158 cm³/mol. The quantitative estimate of drug-likeness (QED) is 0.171. The number of nitrogens with two attached hydrogens (primary N) is 1. The highest BCUT2D eigenvalue weighted by molar-refractivity contribution is 6.11. The molecule has 1 fully saturated rings. The first-order chi connectivity index (χ1) is 21.6. The summed E-state index contributed by atoms with van der Waals surface area (Å²) in [4.78, 5) is 50.8. The van der Waals surface area contributed by atoms with Gasteiger partial charge in [-0.1, -0.05) is 0 Å². The van der Waals surface area contributed by atoms with Crippen LogP contribution in [0.25, 0.3) is 5.69 Å². The summed E-state index contributed by atoms with van der Waals surface area (Å²) in [5, 5.41) is 2.45.